The molecule has 0 amide bonds. The lowest BCUT2D eigenvalue weighted by molar-refractivity contribution is 0.319. The lowest BCUT2D eigenvalue weighted by Crippen LogP contribution is -2.18. The maximum atomic E-state index is 12.1. The van der Waals surface area contributed by atoms with E-state index in [9.17, 15) is 4.79 Å². The van der Waals surface area contributed by atoms with Crippen LogP contribution < -0.4 is 15.6 Å². The van der Waals surface area contributed by atoms with Gasteiger partial charge in [-0.3, -0.25) is 9.78 Å². The molecule has 0 atom stereocenters. The minimum Gasteiger partial charge on any atom is -0.491 e. The van der Waals surface area contributed by atoms with E-state index in [0.29, 0.717) is 30.2 Å². The third kappa shape index (κ3) is 3.81. The molecule has 0 aliphatic rings. The summed E-state index contributed by atoms with van der Waals surface area (Å²) in [4.78, 5) is 14.8. The Balaban J connectivity index is 1.77. The van der Waals surface area contributed by atoms with Crippen molar-refractivity contribution in [2.24, 2.45) is 0 Å². The summed E-state index contributed by atoms with van der Waals surface area (Å²) < 4.78 is 10.9. The first-order valence-electron chi connectivity index (χ1n) is 7.73. The second-order valence-electron chi connectivity index (χ2n) is 5.18. The van der Waals surface area contributed by atoms with E-state index in [2.05, 4.69) is 20.5 Å². The molecule has 124 valence electrons. The van der Waals surface area contributed by atoms with Crippen LogP contribution in [0.15, 0.2) is 51.9 Å². The lowest BCUT2D eigenvalue weighted by atomic mass is 10.2. The molecular weight excluding hydrogens is 308 g/mol. The first-order valence-corrected chi connectivity index (χ1v) is 7.73. The van der Waals surface area contributed by atoms with Crippen molar-refractivity contribution in [3.63, 3.8) is 0 Å². The topological polar surface area (TPSA) is 93.0 Å². The van der Waals surface area contributed by atoms with Gasteiger partial charge < -0.3 is 14.5 Å². The molecule has 0 aliphatic heterocycles. The molecule has 0 saturated heterocycles. The Morgan fingerprint density at radius 2 is 2.08 bits per heavy atom. The van der Waals surface area contributed by atoms with Gasteiger partial charge in [-0.15, -0.1) is 10.2 Å². The molecule has 2 heterocycles. The van der Waals surface area contributed by atoms with E-state index in [1.165, 1.54) is 0 Å². The number of aromatic amines is 1. The molecule has 0 aliphatic carbocycles. The molecule has 3 rings (SSSR count). The fourth-order valence-corrected chi connectivity index (χ4v) is 2.15. The van der Waals surface area contributed by atoms with Crippen LogP contribution in [-0.4, -0.2) is 21.8 Å². The van der Waals surface area contributed by atoms with Crippen LogP contribution in [0.5, 0.6) is 5.75 Å². The average molecular weight is 326 g/mol. The molecule has 0 radical (unpaired) electrons. The van der Waals surface area contributed by atoms with Gasteiger partial charge in [0.1, 0.15) is 17.2 Å². The van der Waals surface area contributed by atoms with Gasteiger partial charge in [-0.25, -0.2) is 0 Å². The summed E-state index contributed by atoms with van der Waals surface area (Å²) in [5.41, 5.74) is 0.705. The summed E-state index contributed by atoms with van der Waals surface area (Å²) >= 11 is 0. The van der Waals surface area contributed by atoms with E-state index in [1.807, 2.05) is 31.2 Å². The number of hydrogen-bond donors (Lipinski definition) is 2. The Kier molecular flexibility index (Phi) is 4.90. The Labute approximate surface area is 138 Å². The molecule has 0 saturated carbocycles. The van der Waals surface area contributed by atoms with E-state index in [1.54, 1.807) is 18.4 Å². The fourth-order valence-electron chi connectivity index (χ4n) is 2.15. The number of anilines is 2. The minimum atomic E-state index is -0.309. The van der Waals surface area contributed by atoms with E-state index < -0.39 is 0 Å². The number of H-pyrrole nitrogens is 1. The van der Waals surface area contributed by atoms with Gasteiger partial charge in [-0.05, 0) is 30.7 Å². The van der Waals surface area contributed by atoms with Crippen LogP contribution in [0.1, 0.15) is 24.8 Å². The summed E-state index contributed by atoms with van der Waals surface area (Å²) in [6, 6.07) is 11.0. The van der Waals surface area contributed by atoms with Gasteiger partial charge in [0.05, 0.1) is 25.0 Å². The van der Waals surface area contributed by atoms with E-state index in [0.717, 1.165) is 12.1 Å². The summed E-state index contributed by atoms with van der Waals surface area (Å²) in [6.07, 6.45) is 2.76. The quantitative estimate of drug-likeness (QED) is 0.693. The Morgan fingerprint density at radius 1 is 1.21 bits per heavy atom. The number of hydrogen-bond acceptors (Lipinski definition) is 6. The average Bonchev–Trinajstić information content (AvgIpc) is 3.10. The summed E-state index contributed by atoms with van der Waals surface area (Å²) in [6.45, 7) is 2.65. The Morgan fingerprint density at radius 3 is 2.83 bits per heavy atom. The van der Waals surface area contributed by atoms with Crippen LogP contribution in [0.4, 0.5) is 11.6 Å². The number of rotatable bonds is 7. The number of benzene rings is 1. The standard InChI is InChI=1S/C17H18N4O3/c1-2-9-24-15-8-4-3-7-13(15)18-17-19-16(22)14(20-21-17)11-12-6-5-10-23-12/h3-8,10H,2,9,11H2,1H3,(H2,18,19,21,22). The molecule has 0 bridgehead atoms. The van der Waals surface area contributed by atoms with Crippen LogP contribution in [0.3, 0.4) is 0 Å². The van der Waals surface area contributed by atoms with Crippen molar-refractivity contribution in [2.45, 2.75) is 19.8 Å². The van der Waals surface area contributed by atoms with E-state index in [4.69, 9.17) is 9.15 Å². The van der Waals surface area contributed by atoms with Crippen LogP contribution in [-0.2, 0) is 6.42 Å². The Bertz CT molecular complexity index is 843. The molecule has 7 heteroatoms. The first-order chi connectivity index (χ1) is 11.8. The molecular formula is C17H18N4O3. The molecule has 7 nitrogen and oxygen atoms in total. The molecule has 2 aromatic heterocycles. The molecule has 0 fully saturated rings. The van der Waals surface area contributed by atoms with Crippen molar-refractivity contribution >= 4 is 11.6 Å². The minimum absolute atomic E-state index is 0.260. The number of para-hydroxylation sites is 2. The zero-order chi connectivity index (χ0) is 16.8. The second kappa shape index (κ2) is 7.45. The zero-order valence-electron chi connectivity index (χ0n) is 13.3. The molecule has 2 N–H and O–H groups in total. The second-order valence-corrected chi connectivity index (χ2v) is 5.18. The van der Waals surface area contributed by atoms with Crippen molar-refractivity contribution in [1.29, 1.82) is 0 Å². The highest BCUT2D eigenvalue weighted by Crippen LogP contribution is 2.25. The highest BCUT2D eigenvalue weighted by Gasteiger charge is 2.09. The van der Waals surface area contributed by atoms with Gasteiger partial charge in [0.2, 0.25) is 5.95 Å². The molecule has 1 aromatic carbocycles. The predicted molar refractivity (Wildman–Crippen MR) is 89.7 cm³/mol. The molecule has 0 spiro atoms. The smallest absolute Gasteiger partial charge is 0.274 e. The molecule has 3 aromatic rings. The maximum absolute atomic E-state index is 12.1. The summed E-state index contributed by atoms with van der Waals surface area (Å²) in [5.74, 6) is 1.62. The van der Waals surface area contributed by atoms with E-state index >= 15 is 0 Å². The fraction of sp³-hybridized carbons (Fsp3) is 0.235. The van der Waals surface area contributed by atoms with E-state index in [-0.39, 0.29) is 11.5 Å². The van der Waals surface area contributed by atoms with Gasteiger partial charge in [-0.1, -0.05) is 19.1 Å². The van der Waals surface area contributed by atoms with Crippen molar-refractivity contribution in [1.82, 2.24) is 15.2 Å². The SMILES string of the molecule is CCCOc1ccccc1Nc1nnc(Cc2ccco2)c(=O)[nH]1. The monoisotopic (exact) mass is 326 g/mol. The molecule has 0 unspecified atom stereocenters. The highest BCUT2D eigenvalue weighted by atomic mass is 16.5. The largest absolute Gasteiger partial charge is 0.491 e. The first kappa shape index (κ1) is 15.8. The van der Waals surface area contributed by atoms with Gasteiger partial charge in [0.25, 0.3) is 5.56 Å². The third-order valence-corrected chi connectivity index (χ3v) is 3.29. The normalized spacial score (nSPS) is 10.5. The number of nitrogens with zero attached hydrogens (tertiary/aromatic N) is 2. The summed E-state index contributed by atoms with van der Waals surface area (Å²) in [5, 5.41) is 11.0. The number of ether oxygens (including phenoxy) is 1. The number of furan rings is 1. The summed E-state index contributed by atoms with van der Waals surface area (Å²) in [7, 11) is 0. The number of aromatic nitrogens is 3. The van der Waals surface area contributed by atoms with Crippen LogP contribution in [0.25, 0.3) is 0 Å². The third-order valence-electron chi connectivity index (χ3n) is 3.29. The van der Waals surface area contributed by atoms with Crippen LogP contribution in [0.2, 0.25) is 0 Å². The maximum Gasteiger partial charge on any atom is 0.274 e. The van der Waals surface area contributed by atoms with Crippen molar-refractivity contribution in [2.75, 3.05) is 11.9 Å². The Hall–Kier alpha value is -3.09. The zero-order valence-corrected chi connectivity index (χ0v) is 13.3. The number of nitrogens with one attached hydrogen (secondary N) is 2. The van der Waals surface area contributed by atoms with Gasteiger partial charge in [-0.2, -0.15) is 0 Å². The van der Waals surface area contributed by atoms with Gasteiger partial charge in [0, 0.05) is 0 Å². The highest BCUT2D eigenvalue weighted by molar-refractivity contribution is 5.62. The van der Waals surface area contributed by atoms with Gasteiger partial charge >= 0.3 is 0 Å². The lowest BCUT2D eigenvalue weighted by Gasteiger charge is -2.11. The van der Waals surface area contributed by atoms with Crippen molar-refractivity contribution in [3.05, 3.63) is 64.5 Å². The van der Waals surface area contributed by atoms with Crippen molar-refractivity contribution < 1.29 is 9.15 Å². The van der Waals surface area contributed by atoms with Crippen LogP contribution >= 0.6 is 0 Å². The predicted octanol–water partition coefficient (Wildman–Crippen LogP) is 2.88. The van der Waals surface area contributed by atoms with Crippen LogP contribution in [0, 0.1) is 0 Å². The van der Waals surface area contributed by atoms with Crippen molar-refractivity contribution in [3.8, 4) is 5.75 Å². The molecule has 24 heavy (non-hydrogen) atoms. The van der Waals surface area contributed by atoms with Gasteiger partial charge in [0.15, 0.2) is 0 Å².